The van der Waals surface area contributed by atoms with Crippen LogP contribution in [0.4, 0.5) is 4.39 Å². The third-order valence-electron chi connectivity index (χ3n) is 2.99. The number of carbonyl (C=O) groups is 2. The van der Waals surface area contributed by atoms with Crippen molar-refractivity contribution in [2.75, 3.05) is 19.7 Å². The topological polar surface area (TPSA) is 66.8 Å². The molecule has 0 saturated carbocycles. The zero-order chi connectivity index (χ0) is 14.7. The van der Waals surface area contributed by atoms with Crippen molar-refractivity contribution >= 4 is 27.8 Å². The molecular weight excluding hydrogens is 333 g/mol. The number of rotatable bonds is 3. The molecule has 0 bridgehead atoms. The zero-order valence-corrected chi connectivity index (χ0v) is 12.1. The third kappa shape index (κ3) is 3.55. The Morgan fingerprint density at radius 3 is 2.95 bits per heavy atom. The third-order valence-corrected chi connectivity index (χ3v) is 3.48. The monoisotopic (exact) mass is 345 g/mol. The van der Waals surface area contributed by atoms with Gasteiger partial charge in [0.25, 0.3) is 5.91 Å². The Kier molecular flexibility index (Phi) is 4.72. The van der Waals surface area contributed by atoms with Gasteiger partial charge < -0.3 is 14.7 Å². The Hall–Kier alpha value is -1.47. The zero-order valence-electron chi connectivity index (χ0n) is 10.5. The summed E-state index contributed by atoms with van der Waals surface area (Å²) >= 11 is 3.19. The number of amides is 1. The molecule has 1 saturated heterocycles. The molecule has 1 fully saturated rings. The largest absolute Gasteiger partial charge is 0.481 e. The standard InChI is InChI=1S/C13H13BrFNO4/c14-8-1-2-11(15)10(5-8)13(19)16-3-4-20-9(7-16)6-12(17)18/h1-2,5,9H,3-4,6-7H2,(H,17,18). The Balaban J connectivity index is 2.12. The number of hydrogen-bond donors (Lipinski definition) is 1. The summed E-state index contributed by atoms with van der Waals surface area (Å²) in [4.78, 5) is 24.3. The van der Waals surface area contributed by atoms with E-state index in [1.54, 1.807) is 0 Å². The quantitative estimate of drug-likeness (QED) is 0.908. The molecule has 0 spiro atoms. The number of hydrogen-bond acceptors (Lipinski definition) is 3. The van der Waals surface area contributed by atoms with Crippen LogP contribution in [0.1, 0.15) is 16.8 Å². The van der Waals surface area contributed by atoms with Crippen LogP contribution in [0.5, 0.6) is 0 Å². The lowest BCUT2D eigenvalue weighted by Crippen LogP contribution is -2.46. The summed E-state index contributed by atoms with van der Waals surface area (Å²) < 4.78 is 19.6. The SMILES string of the molecule is O=C(O)CC1CN(C(=O)c2cc(Br)ccc2F)CCO1. The van der Waals surface area contributed by atoms with E-state index >= 15 is 0 Å². The van der Waals surface area contributed by atoms with Gasteiger partial charge in [0.05, 0.1) is 24.7 Å². The van der Waals surface area contributed by atoms with Crippen molar-refractivity contribution in [1.29, 1.82) is 0 Å². The summed E-state index contributed by atoms with van der Waals surface area (Å²) in [6.07, 6.45) is -0.731. The van der Waals surface area contributed by atoms with Gasteiger partial charge in [0.1, 0.15) is 5.82 Å². The maximum Gasteiger partial charge on any atom is 0.306 e. The molecule has 0 radical (unpaired) electrons. The van der Waals surface area contributed by atoms with Crippen LogP contribution >= 0.6 is 15.9 Å². The molecule has 1 N–H and O–H groups in total. The maximum atomic E-state index is 13.7. The van der Waals surface area contributed by atoms with Crippen molar-refractivity contribution in [3.63, 3.8) is 0 Å². The smallest absolute Gasteiger partial charge is 0.306 e. The Morgan fingerprint density at radius 2 is 2.25 bits per heavy atom. The fourth-order valence-corrected chi connectivity index (χ4v) is 2.41. The molecule has 5 nitrogen and oxygen atoms in total. The first-order chi connectivity index (χ1) is 9.47. The van der Waals surface area contributed by atoms with Gasteiger partial charge in [-0.05, 0) is 18.2 Å². The van der Waals surface area contributed by atoms with E-state index in [1.165, 1.54) is 23.1 Å². The van der Waals surface area contributed by atoms with Crippen molar-refractivity contribution in [2.45, 2.75) is 12.5 Å². The lowest BCUT2D eigenvalue weighted by molar-refractivity contribution is -0.141. The predicted octanol–water partition coefficient (Wildman–Crippen LogP) is 1.90. The molecule has 1 aliphatic heterocycles. The number of carbonyl (C=O) groups excluding carboxylic acids is 1. The maximum absolute atomic E-state index is 13.7. The van der Waals surface area contributed by atoms with E-state index in [0.717, 1.165) is 0 Å². The molecule has 0 aliphatic carbocycles. The summed E-state index contributed by atoms with van der Waals surface area (Å²) in [5.41, 5.74) is -0.0321. The molecule has 1 amide bonds. The highest BCUT2D eigenvalue weighted by atomic mass is 79.9. The van der Waals surface area contributed by atoms with Crippen LogP contribution in [0.15, 0.2) is 22.7 Å². The molecule has 1 aliphatic rings. The van der Waals surface area contributed by atoms with Gasteiger partial charge >= 0.3 is 5.97 Å². The Bertz CT molecular complexity index is 537. The second-order valence-corrected chi connectivity index (χ2v) is 5.38. The van der Waals surface area contributed by atoms with E-state index in [1.807, 2.05) is 0 Å². The van der Waals surface area contributed by atoms with Crippen LogP contribution in [-0.2, 0) is 9.53 Å². The van der Waals surface area contributed by atoms with Crippen LogP contribution in [0.25, 0.3) is 0 Å². The number of aliphatic carboxylic acids is 1. The fourth-order valence-electron chi connectivity index (χ4n) is 2.05. The van der Waals surface area contributed by atoms with E-state index in [4.69, 9.17) is 9.84 Å². The number of benzene rings is 1. The van der Waals surface area contributed by atoms with Gasteiger partial charge in [-0.1, -0.05) is 15.9 Å². The molecule has 7 heteroatoms. The van der Waals surface area contributed by atoms with E-state index in [0.29, 0.717) is 11.0 Å². The summed E-state index contributed by atoms with van der Waals surface area (Å²) in [6, 6.07) is 4.14. The summed E-state index contributed by atoms with van der Waals surface area (Å²) in [5, 5.41) is 8.74. The van der Waals surface area contributed by atoms with Crippen LogP contribution in [-0.4, -0.2) is 47.7 Å². The minimum Gasteiger partial charge on any atom is -0.481 e. The van der Waals surface area contributed by atoms with Gasteiger partial charge in [-0.2, -0.15) is 0 Å². The van der Waals surface area contributed by atoms with Crippen molar-refractivity contribution in [3.05, 3.63) is 34.1 Å². The summed E-state index contributed by atoms with van der Waals surface area (Å²) in [6.45, 7) is 0.720. The van der Waals surface area contributed by atoms with Crippen LogP contribution in [0.2, 0.25) is 0 Å². The molecule has 2 rings (SSSR count). The number of carboxylic acid groups (broad SMARTS) is 1. The van der Waals surface area contributed by atoms with E-state index in [9.17, 15) is 14.0 Å². The minimum atomic E-state index is -0.988. The normalized spacial score (nSPS) is 18.9. The predicted molar refractivity (Wildman–Crippen MR) is 72.0 cm³/mol. The molecule has 1 heterocycles. The Morgan fingerprint density at radius 1 is 1.50 bits per heavy atom. The number of halogens is 2. The number of nitrogens with zero attached hydrogens (tertiary/aromatic N) is 1. The second kappa shape index (κ2) is 6.32. The first-order valence-corrected chi connectivity index (χ1v) is 6.84. The van der Waals surface area contributed by atoms with E-state index < -0.39 is 23.8 Å². The van der Waals surface area contributed by atoms with Crippen molar-refractivity contribution < 1.29 is 23.8 Å². The van der Waals surface area contributed by atoms with Gasteiger partial charge in [-0.25, -0.2) is 4.39 Å². The molecule has 20 heavy (non-hydrogen) atoms. The lowest BCUT2D eigenvalue weighted by Gasteiger charge is -2.32. The minimum absolute atomic E-state index is 0.0321. The average molecular weight is 346 g/mol. The van der Waals surface area contributed by atoms with Gasteiger partial charge in [0.15, 0.2) is 0 Å². The van der Waals surface area contributed by atoms with Crippen LogP contribution in [0, 0.1) is 5.82 Å². The van der Waals surface area contributed by atoms with E-state index in [2.05, 4.69) is 15.9 Å². The molecule has 108 valence electrons. The van der Waals surface area contributed by atoms with Crippen LogP contribution < -0.4 is 0 Å². The molecule has 1 atom stereocenters. The molecule has 1 unspecified atom stereocenters. The van der Waals surface area contributed by atoms with Gasteiger partial charge in [-0.3, -0.25) is 9.59 Å². The first kappa shape index (κ1) is 14.9. The van der Waals surface area contributed by atoms with Crippen molar-refractivity contribution in [1.82, 2.24) is 4.90 Å². The highest BCUT2D eigenvalue weighted by molar-refractivity contribution is 9.10. The Labute approximate surface area is 123 Å². The van der Waals surface area contributed by atoms with Gasteiger partial charge in [0, 0.05) is 17.6 Å². The van der Waals surface area contributed by atoms with E-state index in [-0.39, 0.29) is 25.1 Å². The molecule has 1 aromatic carbocycles. The molecule has 0 aromatic heterocycles. The van der Waals surface area contributed by atoms with Gasteiger partial charge in [0.2, 0.25) is 0 Å². The molecular formula is C13H13BrFNO4. The number of carboxylic acids is 1. The van der Waals surface area contributed by atoms with Gasteiger partial charge in [-0.15, -0.1) is 0 Å². The van der Waals surface area contributed by atoms with Crippen LogP contribution in [0.3, 0.4) is 0 Å². The first-order valence-electron chi connectivity index (χ1n) is 6.05. The van der Waals surface area contributed by atoms with Crippen molar-refractivity contribution in [2.24, 2.45) is 0 Å². The average Bonchev–Trinajstić information content (AvgIpc) is 2.40. The highest BCUT2D eigenvalue weighted by Crippen LogP contribution is 2.19. The highest BCUT2D eigenvalue weighted by Gasteiger charge is 2.27. The number of ether oxygens (including phenoxy) is 1. The number of morpholine rings is 1. The molecule has 1 aromatic rings. The lowest BCUT2D eigenvalue weighted by atomic mass is 10.1. The summed E-state index contributed by atoms with van der Waals surface area (Å²) in [7, 11) is 0. The fraction of sp³-hybridized carbons (Fsp3) is 0.385. The summed E-state index contributed by atoms with van der Waals surface area (Å²) in [5.74, 6) is -2.04. The van der Waals surface area contributed by atoms with Crippen molar-refractivity contribution in [3.8, 4) is 0 Å². The second-order valence-electron chi connectivity index (χ2n) is 4.47.